The number of amides is 2. The van der Waals surface area contributed by atoms with E-state index >= 15 is 0 Å². The van der Waals surface area contributed by atoms with Crippen molar-refractivity contribution in [2.45, 2.75) is 6.18 Å². The zero-order valence-electron chi connectivity index (χ0n) is 16.8. The smallest absolute Gasteiger partial charge is 0.471 e. The fourth-order valence-corrected chi connectivity index (χ4v) is 3.12. The van der Waals surface area contributed by atoms with Gasteiger partial charge in [0.2, 0.25) is 0 Å². The van der Waals surface area contributed by atoms with Gasteiger partial charge in [0.15, 0.2) is 6.61 Å². The number of hydrogen-bond donors (Lipinski definition) is 1. The van der Waals surface area contributed by atoms with Crippen molar-refractivity contribution in [3.8, 4) is 11.5 Å². The summed E-state index contributed by atoms with van der Waals surface area (Å²) in [6.07, 6.45) is -4.85. The molecule has 1 fully saturated rings. The van der Waals surface area contributed by atoms with E-state index < -0.39 is 12.1 Å². The SMILES string of the molecule is COc1ccc(OCC(=O)Nc2ccc(N3CCN(C(=O)C(F)(F)F)CC3)cc2)cc1. The fraction of sp³-hybridized carbons (Fsp3) is 0.333. The molecule has 1 heterocycles. The van der Waals surface area contributed by atoms with Crippen LogP contribution in [-0.2, 0) is 9.59 Å². The Hall–Kier alpha value is -3.43. The number of rotatable bonds is 6. The third-order valence-corrected chi connectivity index (χ3v) is 4.75. The molecule has 166 valence electrons. The van der Waals surface area contributed by atoms with Gasteiger partial charge in [-0.3, -0.25) is 9.59 Å². The topological polar surface area (TPSA) is 71.1 Å². The first-order valence-electron chi connectivity index (χ1n) is 9.54. The largest absolute Gasteiger partial charge is 0.497 e. The Balaban J connectivity index is 1.46. The molecule has 7 nitrogen and oxygen atoms in total. The van der Waals surface area contributed by atoms with E-state index in [0.717, 1.165) is 10.6 Å². The van der Waals surface area contributed by atoms with Gasteiger partial charge in [-0.15, -0.1) is 0 Å². The van der Waals surface area contributed by atoms with Crippen molar-refractivity contribution in [3.63, 3.8) is 0 Å². The number of carbonyl (C=O) groups is 2. The molecule has 0 spiro atoms. The molecule has 3 rings (SSSR count). The summed E-state index contributed by atoms with van der Waals surface area (Å²) < 4.78 is 48.1. The van der Waals surface area contributed by atoms with Crippen molar-refractivity contribution in [2.24, 2.45) is 0 Å². The molecule has 0 aromatic heterocycles. The lowest BCUT2D eigenvalue weighted by molar-refractivity contribution is -0.185. The molecule has 0 radical (unpaired) electrons. The van der Waals surface area contributed by atoms with E-state index in [1.54, 1.807) is 55.6 Å². The summed E-state index contributed by atoms with van der Waals surface area (Å²) in [5, 5.41) is 2.72. The van der Waals surface area contributed by atoms with Crippen LogP contribution in [0.5, 0.6) is 11.5 Å². The second kappa shape index (κ2) is 9.59. The summed E-state index contributed by atoms with van der Waals surface area (Å²) in [6, 6.07) is 13.8. The Labute approximate surface area is 177 Å². The zero-order valence-corrected chi connectivity index (χ0v) is 16.8. The average molecular weight is 437 g/mol. The molecule has 0 saturated carbocycles. The predicted molar refractivity (Wildman–Crippen MR) is 108 cm³/mol. The van der Waals surface area contributed by atoms with Crippen LogP contribution in [0.25, 0.3) is 0 Å². The van der Waals surface area contributed by atoms with Gasteiger partial charge < -0.3 is 24.6 Å². The number of methoxy groups -OCH3 is 1. The highest BCUT2D eigenvalue weighted by atomic mass is 19.4. The van der Waals surface area contributed by atoms with E-state index in [0.29, 0.717) is 30.3 Å². The highest BCUT2D eigenvalue weighted by Crippen LogP contribution is 2.23. The lowest BCUT2D eigenvalue weighted by Gasteiger charge is -2.36. The number of piperazine rings is 1. The van der Waals surface area contributed by atoms with E-state index in [2.05, 4.69) is 5.32 Å². The summed E-state index contributed by atoms with van der Waals surface area (Å²) in [7, 11) is 1.56. The molecular weight excluding hydrogens is 415 g/mol. The molecule has 0 aliphatic carbocycles. The average Bonchev–Trinajstić information content (AvgIpc) is 2.77. The monoisotopic (exact) mass is 437 g/mol. The minimum atomic E-state index is -4.85. The zero-order chi connectivity index (χ0) is 22.4. The summed E-state index contributed by atoms with van der Waals surface area (Å²) in [6.45, 7) is 0.425. The molecule has 10 heteroatoms. The van der Waals surface area contributed by atoms with Crippen molar-refractivity contribution < 1.29 is 32.2 Å². The summed E-state index contributed by atoms with van der Waals surface area (Å²) in [5.41, 5.74) is 1.37. The summed E-state index contributed by atoms with van der Waals surface area (Å²) in [5.74, 6) is -0.912. The quantitative estimate of drug-likeness (QED) is 0.753. The van der Waals surface area contributed by atoms with Crippen LogP contribution in [0.4, 0.5) is 24.5 Å². The Bertz CT molecular complexity index is 894. The van der Waals surface area contributed by atoms with Crippen LogP contribution in [0.1, 0.15) is 0 Å². The van der Waals surface area contributed by atoms with Crippen LogP contribution in [-0.4, -0.2) is 62.8 Å². The van der Waals surface area contributed by atoms with Crippen LogP contribution in [0.3, 0.4) is 0 Å². The molecule has 0 atom stereocenters. The van der Waals surface area contributed by atoms with Crippen LogP contribution >= 0.6 is 0 Å². The standard InChI is InChI=1S/C21H22F3N3O4/c1-30-17-6-8-18(9-7-17)31-14-19(28)25-15-2-4-16(5-3-15)26-10-12-27(13-11-26)20(29)21(22,23)24/h2-9H,10-14H2,1H3,(H,25,28). The van der Waals surface area contributed by atoms with Gasteiger partial charge in [0.25, 0.3) is 5.91 Å². The van der Waals surface area contributed by atoms with E-state index in [1.807, 2.05) is 4.90 Å². The van der Waals surface area contributed by atoms with Gasteiger partial charge in [-0.2, -0.15) is 13.2 Å². The number of nitrogens with zero attached hydrogens (tertiary/aromatic N) is 2. The molecule has 1 saturated heterocycles. The number of ether oxygens (including phenoxy) is 2. The van der Waals surface area contributed by atoms with E-state index in [-0.39, 0.29) is 25.6 Å². The van der Waals surface area contributed by atoms with Crippen LogP contribution in [0, 0.1) is 0 Å². The third kappa shape index (κ3) is 6.03. The van der Waals surface area contributed by atoms with Crippen LogP contribution < -0.4 is 19.7 Å². The molecule has 1 aliphatic heterocycles. The van der Waals surface area contributed by atoms with Crippen LogP contribution in [0.2, 0.25) is 0 Å². The first-order chi connectivity index (χ1) is 14.8. The minimum absolute atomic E-state index is 0.000466. The molecule has 0 bridgehead atoms. The number of hydrogen-bond acceptors (Lipinski definition) is 5. The fourth-order valence-electron chi connectivity index (χ4n) is 3.12. The number of carbonyl (C=O) groups excluding carboxylic acids is 2. The van der Waals surface area contributed by atoms with Gasteiger partial charge in [0, 0.05) is 37.6 Å². The number of anilines is 2. The Morgan fingerprint density at radius 2 is 1.52 bits per heavy atom. The first-order valence-corrected chi connectivity index (χ1v) is 9.54. The van der Waals surface area contributed by atoms with Gasteiger partial charge >= 0.3 is 12.1 Å². The number of alkyl halides is 3. The summed E-state index contributed by atoms with van der Waals surface area (Å²) >= 11 is 0. The van der Waals surface area contributed by atoms with Gasteiger partial charge in [-0.25, -0.2) is 0 Å². The molecule has 0 unspecified atom stereocenters. The highest BCUT2D eigenvalue weighted by molar-refractivity contribution is 5.92. The van der Waals surface area contributed by atoms with E-state index in [9.17, 15) is 22.8 Å². The molecule has 1 aliphatic rings. The van der Waals surface area contributed by atoms with Crippen molar-refractivity contribution in [1.82, 2.24) is 4.90 Å². The number of halogens is 3. The van der Waals surface area contributed by atoms with Crippen molar-refractivity contribution in [1.29, 1.82) is 0 Å². The second-order valence-corrected chi connectivity index (χ2v) is 6.84. The number of nitrogens with one attached hydrogen (secondary N) is 1. The molecule has 31 heavy (non-hydrogen) atoms. The van der Waals surface area contributed by atoms with Gasteiger partial charge in [0.1, 0.15) is 11.5 Å². The van der Waals surface area contributed by atoms with E-state index in [4.69, 9.17) is 9.47 Å². The Morgan fingerprint density at radius 3 is 2.06 bits per heavy atom. The molecule has 1 N–H and O–H groups in total. The molecular formula is C21H22F3N3O4. The predicted octanol–water partition coefficient (Wildman–Crippen LogP) is 2.92. The Morgan fingerprint density at radius 1 is 0.935 bits per heavy atom. The lowest BCUT2D eigenvalue weighted by Crippen LogP contribution is -2.52. The van der Waals surface area contributed by atoms with E-state index in [1.165, 1.54) is 0 Å². The molecule has 2 amide bonds. The first kappa shape index (κ1) is 22.3. The maximum absolute atomic E-state index is 12.5. The van der Waals surface area contributed by atoms with Crippen molar-refractivity contribution >= 4 is 23.2 Å². The van der Waals surface area contributed by atoms with Crippen LogP contribution in [0.15, 0.2) is 48.5 Å². The summed E-state index contributed by atoms with van der Waals surface area (Å²) in [4.78, 5) is 26.1. The van der Waals surface area contributed by atoms with Gasteiger partial charge in [-0.1, -0.05) is 0 Å². The van der Waals surface area contributed by atoms with Gasteiger partial charge in [0.05, 0.1) is 7.11 Å². The Kier molecular flexibility index (Phi) is 6.88. The third-order valence-electron chi connectivity index (χ3n) is 4.75. The molecule has 2 aromatic carbocycles. The maximum atomic E-state index is 12.5. The van der Waals surface area contributed by atoms with Gasteiger partial charge in [-0.05, 0) is 48.5 Å². The second-order valence-electron chi connectivity index (χ2n) is 6.84. The normalized spacial score (nSPS) is 14.2. The van der Waals surface area contributed by atoms with Crippen molar-refractivity contribution in [2.75, 3.05) is 50.1 Å². The minimum Gasteiger partial charge on any atom is -0.497 e. The highest BCUT2D eigenvalue weighted by Gasteiger charge is 2.43. The lowest BCUT2D eigenvalue weighted by atomic mass is 10.2. The van der Waals surface area contributed by atoms with Crippen molar-refractivity contribution in [3.05, 3.63) is 48.5 Å². The maximum Gasteiger partial charge on any atom is 0.471 e. The number of benzene rings is 2. The molecule has 2 aromatic rings.